The Morgan fingerprint density at radius 2 is 1.75 bits per heavy atom. The normalized spacial score (nSPS) is 17.0. The minimum absolute atomic E-state index is 0.775. The van der Waals surface area contributed by atoms with Gasteiger partial charge in [0.15, 0.2) is 0 Å². The van der Waals surface area contributed by atoms with Crippen molar-refractivity contribution in [3.8, 4) is 0 Å². The molecule has 3 heteroatoms. The maximum absolute atomic E-state index is 3.71. The highest BCUT2D eigenvalue weighted by Crippen LogP contribution is 2.23. The maximum atomic E-state index is 3.71. The van der Waals surface area contributed by atoms with E-state index in [4.69, 9.17) is 0 Å². The van der Waals surface area contributed by atoms with Gasteiger partial charge in [-0.1, -0.05) is 27.7 Å². The fourth-order valence-electron chi connectivity index (χ4n) is 2.03. The molecule has 0 aliphatic carbocycles. The zero-order valence-electron chi connectivity index (χ0n) is 9.44. The molecule has 12 heavy (non-hydrogen) atoms. The van der Waals surface area contributed by atoms with Crippen LogP contribution >= 0.6 is 0 Å². The monoisotopic (exact) mass is 188 g/mol. The van der Waals surface area contributed by atoms with Crippen molar-refractivity contribution in [1.29, 1.82) is 0 Å². The summed E-state index contributed by atoms with van der Waals surface area (Å²) in [5.41, 5.74) is 0.775. The fourth-order valence-corrected chi connectivity index (χ4v) is 6.10. The van der Waals surface area contributed by atoms with Crippen LogP contribution in [0.4, 0.5) is 0 Å². The Morgan fingerprint density at radius 3 is 1.83 bits per heavy atom. The standard InChI is InChI=1S/C9H24N2Si/c1-7-10-12(8-2,9(3)4)11(5)6/h9-10H,7-8H2,1-6H3. The molecule has 1 unspecified atom stereocenters. The second kappa shape index (κ2) is 4.99. The second-order valence-electron chi connectivity index (χ2n) is 3.86. The molecule has 0 aliphatic rings. The zero-order valence-corrected chi connectivity index (χ0v) is 10.4. The van der Waals surface area contributed by atoms with Gasteiger partial charge in [-0.2, -0.15) is 0 Å². The van der Waals surface area contributed by atoms with Gasteiger partial charge in [0, 0.05) is 0 Å². The molecule has 0 heterocycles. The Kier molecular flexibility index (Phi) is 5.05. The molecule has 0 aromatic rings. The van der Waals surface area contributed by atoms with E-state index in [0.29, 0.717) is 0 Å². The van der Waals surface area contributed by atoms with Crippen LogP contribution in [0.5, 0.6) is 0 Å². The van der Waals surface area contributed by atoms with Crippen molar-refractivity contribution < 1.29 is 0 Å². The average Bonchev–Trinajstić information content (AvgIpc) is 1.98. The predicted molar refractivity (Wildman–Crippen MR) is 58.7 cm³/mol. The van der Waals surface area contributed by atoms with E-state index in [2.05, 4.69) is 51.3 Å². The molecule has 0 spiro atoms. The van der Waals surface area contributed by atoms with Crippen molar-refractivity contribution in [2.75, 3.05) is 20.6 Å². The Balaban J connectivity index is 4.51. The van der Waals surface area contributed by atoms with Gasteiger partial charge in [-0.3, -0.25) is 0 Å². The highest BCUT2D eigenvalue weighted by Gasteiger charge is 2.36. The largest absolute Gasteiger partial charge is 0.325 e. The van der Waals surface area contributed by atoms with Gasteiger partial charge in [0.2, 0.25) is 8.40 Å². The van der Waals surface area contributed by atoms with Crippen LogP contribution in [-0.4, -0.2) is 33.6 Å². The van der Waals surface area contributed by atoms with Crippen LogP contribution in [-0.2, 0) is 0 Å². The van der Waals surface area contributed by atoms with E-state index < -0.39 is 8.40 Å². The van der Waals surface area contributed by atoms with E-state index in [1.165, 1.54) is 6.04 Å². The van der Waals surface area contributed by atoms with Crippen LogP contribution in [0.25, 0.3) is 0 Å². The lowest BCUT2D eigenvalue weighted by molar-refractivity contribution is 0.558. The molecular formula is C9H24N2Si. The molecule has 0 aromatic heterocycles. The van der Waals surface area contributed by atoms with Crippen LogP contribution in [0.15, 0.2) is 0 Å². The van der Waals surface area contributed by atoms with Gasteiger partial charge in [0.05, 0.1) is 0 Å². The summed E-state index contributed by atoms with van der Waals surface area (Å²) in [5.74, 6) is 0. The number of hydrogen-bond donors (Lipinski definition) is 1. The van der Waals surface area contributed by atoms with E-state index in [1.54, 1.807) is 0 Å². The lowest BCUT2D eigenvalue weighted by Gasteiger charge is -2.40. The molecule has 74 valence electrons. The van der Waals surface area contributed by atoms with Crippen molar-refractivity contribution in [3.63, 3.8) is 0 Å². The molecule has 0 fully saturated rings. The molecule has 0 aliphatic heterocycles. The minimum atomic E-state index is -1.34. The topological polar surface area (TPSA) is 15.3 Å². The van der Waals surface area contributed by atoms with Crippen molar-refractivity contribution >= 4 is 8.40 Å². The van der Waals surface area contributed by atoms with Crippen LogP contribution in [0.1, 0.15) is 27.7 Å². The van der Waals surface area contributed by atoms with Crippen molar-refractivity contribution in [2.24, 2.45) is 0 Å². The van der Waals surface area contributed by atoms with E-state index in [-0.39, 0.29) is 0 Å². The molecule has 1 atom stereocenters. The Hall–Kier alpha value is 0.137. The van der Waals surface area contributed by atoms with Crippen molar-refractivity contribution in [1.82, 2.24) is 9.55 Å². The first kappa shape index (κ1) is 12.1. The highest BCUT2D eigenvalue weighted by atomic mass is 28.3. The lowest BCUT2D eigenvalue weighted by atomic mass is 10.6. The number of hydrogen-bond acceptors (Lipinski definition) is 2. The second-order valence-corrected chi connectivity index (χ2v) is 8.82. The molecule has 0 amide bonds. The summed E-state index contributed by atoms with van der Waals surface area (Å²) in [7, 11) is 3.07. The smallest absolute Gasteiger partial charge is 0.205 e. The van der Waals surface area contributed by atoms with Gasteiger partial charge < -0.3 is 9.55 Å². The van der Waals surface area contributed by atoms with Crippen LogP contribution < -0.4 is 4.98 Å². The molecule has 0 radical (unpaired) electrons. The van der Waals surface area contributed by atoms with Gasteiger partial charge in [0.1, 0.15) is 0 Å². The Bertz CT molecular complexity index is 116. The average molecular weight is 188 g/mol. The van der Waals surface area contributed by atoms with Crippen LogP contribution in [0.2, 0.25) is 11.6 Å². The molecule has 1 N–H and O–H groups in total. The van der Waals surface area contributed by atoms with E-state index in [1.807, 2.05) is 0 Å². The first-order valence-corrected chi connectivity index (χ1v) is 7.16. The first-order valence-electron chi connectivity index (χ1n) is 4.93. The van der Waals surface area contributed by atoms with Crippen molar-refractivity contribution in [2.45, 2.75) is 39.3 Å². The third-order valence-electron chi connectivity index (χ3n) is 2.78. The summed E-state index contributed by atoms with van der Waals surface area (Å²) in [6.07, 6.45) is 0. The van der Waals surface area contributed by atoms with E-state index in [0.717, 1.165) is 12.1 Å². The molecular weight excluding hydrogens is 164 g/mol. The molecule has 0 saturated heterocycles. The van der Waals surface area contributed by atoms with Gasteiger partial charge in [-0.05, 0) is 32.2 Å². The molecule has 0 bridgehead atoms. The van der Waals surface area contributed by atoms with Crippen molar-refractivity contribution in [3.05, 3.63) is 0 Å². The number of nitrogens with one attached hydrogen (secondary N) is 1. The predicted octanol–water partition coefficient (Wildman–Crippen LogP) is 2.03. The Labute approximate surface area is 78.5 Å². The summed E-state index contributed by atoms with van der Waals surface area (Å²) in [5, 5.41) is 0. The summed E-state index contributed by atoms with van der Waals surface area (Å²) >= 11 is 0. The molecule has 2 nitrogen and oxygen atoms in total. The third-order valence-corrected chi connectivity index (χ3v) is 8.33. The summed E-state index contributed by atoms with van der Waals surface area (Å²) in [6, 6.07) is 1.28. The summed E-state index contributed by atoms with van der Waals surface area (Å²) < 4.78 is 2.43. The number of nitrogens with zero attached hydrogens (tertiary/aromatic N) is 1. The maximum Gasteiger partial charge on any atom is 0.205 e. The van der Waals surface area contributed by atoms with Gasteiger partial charge in [-0.15, -0.1) is 0 Å². The molecule has 0 aromatic carbocycles. The minimum Gasteiger partial charge on any atom is -0.325 e. The molecule has 0 saturated carbocycles. The van der Waals surface area contributed by atoms with E-state index in [9.17, 15) is 0 Å². The Morgan fingerprint density at radius 1 is 1.25 bits per heavy atom. The third kappa shape index (κ3) is 2.31. The summed E-state index contributed by atoms with van der Waals surface area (Å²) in [4.78, 5) is 3.71. The summed E-state index contributed by atoms with van der Waals surface area (Å²) in [6.45, 7) is 10.3. The van der Waals surface area contributed by atoms with Gasteiger partial charge in [-0.25, -0.2) is 0 Å². The number of rotatable bonds is 5. The van der Waals surface area contributed by atoms with Gasteiger partial charge in [0.25, 0.3) is 0 Å². The molecule has 0 rings (SSSR count). The first-order chi connectivity index (χ1) is 5.51. The van der Waals surface area contributed by atoms with Crippen LogP contribution in [0.3, 0.4) is 0 Å². The fraction of sp³-hybridized carbons (Fsp3) is 1.00. The van der Waals surface area contributed by atoms with Gasteiger partial charge >= 0.3 is 0 Å². The quantitative estimate of drug-likeness (QED) is 0.664. The highest BCUT2D eigenvalue weighted by molar-refractivity contribution is 6.75. The SMILES string of the molecule is CCN[Si](CC)(C(C)C)N(C)C. The zero-order chi connectivity index (χ0) is 9.78. The lowest BCUT2D eigenvalue weighted by Crippen LogP contribution is -2.63. The van der Waals surface area contributed by atoms with E-state index >= 15 is 0 Å². The van der Waals surface area contributed by atoms with Crippen LogP contribution in [0, 0.1) is 0 Å².